The Morgan fingerprint density at radius 3 is 2.31 bits per heavy atom. The highest BCUT2D eigenvalue weighted by atomic mass is 79.9. The highest BCUT2D eigenvalue weighted by molar-refractivity contribution is 8.93. The first-order chi connectivity index (χ1) is 5.90. The molecule has 0 saturated heterocycles. The Morgan fingerprint density at radius 1 is 0.923 bits per heavy atom. The van der Waals surface area contributed by atoms with Gasteiger partial charge in [-0.1, -0.05) is 36.4 Å². The first kappa shape index (κ1) is 10.2. The Kier molecular flexibility index (Phi) is 3.46. The monoisotopic (exact) mass is 237 g/mol. The van der Waals surface area contributed by atoms with E-state index in [1.54, 1.807) is 0 Å². The zero-order valence-corrected chi connectivity index (χ0v) is 8.95. The molecule has 68 valence electrons. The molecule has 2 aromatic carbocycles. The number of nitrogens with two attached hydrogens (primary N) is 1. The van der Waals surface area contributed by atoms with E-state index in [1.165, 1.54) is 16.3 Å². The second kappa shape index (κ2) is 4.40. The van der Waals surface area contributed by atoms with Crippen molar-refractivity contribution in [1.29, 1.82) is 0 Å². The van der Waals surface area contributed by atoms with E-state index in [-0.39, 0.29) is 17.0 Å². The first-order valence-electron chi connectivity index (χ1n) is 4.08. The number of hydrogen-bond acceptors (Lipinski definition) is 1. The van der Waals surface area contributed by atoms with Gasteiger partial charge in [0.2, 0.25) is 0 Å². The van der Waals surface area contributed by atoms with Gasteiger partial charge in [0.25, 0.3) is 0 Å². The quantitative estimate of drug-likeness (QED) is 0.812. The molecule has 13 heavy (non-hydrogen) atoms. The van der Waals surface area contributed by atoms with Gasteiger partial charge >= 0.3 is 0 Å². The first-order valence-corrected chi connectivity index (χ1v) is 4.08. The molecule has 0 saturated carbocycles. The maximum atomic E-state index is 5.54. The molecule has 0 fully saturated rings. The largest absolute Gasteiger partial charge is 0.326 e. The van der Waals surface area contributed by atoms with Crippen LogP contribution in [0.5, 0.6) is 0 Å². The average molecular weight is 238 g/mol. The molecule has 0 aromatic heterocycles. The Hall–Kier alpha value is -0.860. The molecule has 0 amide bonds. The number of benzene rings is 2. The van der Waals surface area contributed by atoms with Crippen LogP contribution in [0.3, 0.4) is 0 Å². The van der Waals surface area contributed by atoms with Crippen molar-refractivity contribution in [1.82, 2.24) is 0 Å². The Balaban J connectivity index is 0.000000845. The summed E-state index contributed by atoms with van der Waals surface area (Å²) in [6.45, 7) is 0.616. The van der Waals surface area contributed by atoms with Crippen molar-refractivity contribution in [3.63, 3.8) is 0 Å². The molecule has 0 spiro atoms. The smallest absolute Gasteiger partial charge is 0.0178 e. The zero-order chi connectivity index (χ0) is 8.39. The summed E-state index contributed by atoms with van der Waals surface area (Å²) in [4.78, 5) is 0. The van der Waals surface area contributed by atoms with Gasteiger partial charge in [0, 0.05) is 6.54 Å². The van der Waals surface area contributed by atoms with E-state index < -0.39 is 0 Å². The molecule has 2 rings (SSSR count). The van der Waals surface area contributed by atoms with Crippen LogP contribution in [0.15, 0.2) is 42.5 Å². The molecule has 1 nitrogen and oxygen atoms in total. The predicted molar refractivity (Wildman–Crippen MR) is 62.2 cm³/mol. The van der Waals surface area contributed by atoms with Crippen molar-refractivity contribution in [3.05, 3.63) is 48.0 Å². The topological polar surface area (TPSA) is 26.0 Å². The standard InChI is InChI=1S/C11H11N.BrH/c12-8-9-5-6-10-3-1-2-4-11(10)7-9;/h1-7H,8,12H2;1H. The third-order valence-corrected chi connectivity index (χ3v) is 2.05. The number of fused-ring (bicyclic) bond motifs is 1. The Bertz CT molecular complexity index is 398. The number of rotatable bonds is 1. The minimum absolute atomic E-state index is 0. The van der Waals surface area contributed by atoms with Gasteiger partial charge in [-0.25, -0.2) is 0 Å². The summed E-state index contributed by atoms with van der Waals surface area (Å²) in [6, 6.07) is 14.6. The lowest BCUT2D eigenvalue weighted by molar-refractivity contribution is 1.08. The van der Waals surface area contributed by atoms with E-state index in [1.807, 2.05) is 12.1 Å². The van der Waals surface area contributed by atoms with Gasteiger partial charge in [0.1, 0.15) is 0 Å². The van der Waals surface area contributed by atoms with Gasteiger partial charge in [-0.05, 0) is 22.4 Å². The van der Waals surface area contributed by atoms with Crippen molar-refractivity contribution in [2.75, 3.05) is 0 Å². The maximum Gasteiger partial charge on any atom is 0.0178 e. The molecule has 0 radical (unpaired) electrons. The lowest BCUT2D eigenvalue weighted by Crippen LogP contribution is -1.95. The summed E-state index contributed by atoms with van der Waals surface area (Å²) in [7, 11) is 0. The predicted octanol–water partition coefficient (Wildman–Crippen LogP) is 2.88. The van der Waals surface area contributed by atoms with Crippen molar-refractivity contribution >= 4 is 27.8 Å². The van der Waals surface area contributed by atoms with E-state index in [4.69, 9.17) is 5.73 Å². The molecule has 0 aliphatic carbocycles. The van der Waals surface area contributed by atoms with Gasteiger partial charge < -0.3 is 5.73 Å². The number of hydrogen-bond donors (Lipinski definition) is 1. The van der Waals surface area contributed by atoms with Crippen LogP contribution < -0.4 is 5.73 Å². The molecule has 0 aliphatic rings. The zero-order valence-electron chi connectivity index (χ0n) is 7.23. The van der Waals surface area contributed by atoms with Crippen molar-refractivity contribution in [2.45, 2.75) is 6.54 Å². The van der Waals surface area contributed by atoms with Crippen molar-refractivity contribution < 1.29 is 0 Å². The molecule has 0 heterocycles. The maximum absolute atomic E-state index is 5.54. The fourth-order valence-corrected chi connectivity index (χ4v) is 1.37. The van der Waals surface area contributed by atoms with Gasteiger partial charge in [-0.3, -0.25) is 0 Å². The fraction of sp³-hybridized carbons (Fsp3) is 0.0909. The molecular weight excluding hydrogens is 226 g/mol. The lowest BCUT2D eigenvalue weighted by Gasteiger charge is -1.99. The van der Waals surface area contributed by atoms with Crippen molar-refractivity contribution in [3.8, 4) is 0 Å². The summed E-state index contributed by atoms with van der Waals surface area (Å²) in [6.07, 6.45) is 0. The molecule has 2 aromatic rings. The SMILES string of the molecule is Br.NCc1ccc2ccccc2c1. The third kappa shape index (κ3) is 2.08. The highest BCUT2D eigenvalue weighted by Gasteiger charge is 1.92. The van der Waals surface area contributed by atoms with Crippen LogP contribution in [0.1, 0.15) is 5.56 Å². The molecule has 2 N–H and O–H groups in total. The van der Waals surface area contributed by atoms with Crippen LogP contribution >= 0.6 is 17.0 Å². The van der Waals surface area contributed by atoms with E-state index in [2.05, 4.69) is 30.3 Å². The average Bonchev–Trinajstić information content (AvgIpc) is 2.17. The summed E-state index contributed by atoms with van der Waals surface area (Å²) in [5.74, 6) is 0. The normalized spacial score (nSPS) is 9.62. The second-order valence-electron chi connectivity index (χ2n) is 2.89. The molecule has 0 bridgehead atoms. The second-order valence-corrected chi connectivity index (χ2v) is 2.89. The summed E-state index contributed by atoms with van der Waals surface area (Å²) >= 11 is 0. The summed E-state index contributed by atoms with van der Waals surface area (Å²) in [5, 5.41) is 2.54. The van der Waals surface area contributed by atoms with E-state index in [0.29, 0.717) is 6.54 Å². The molecule has 0 aliphatic heterocycles. The lowest BCUT2D eigenvalue weighted by atomic mass is 10.1. The van der Waals surface area contributed by atoms with Gasteiger partial charge in [0.15, 0.2) is 0 Å². The molecule has 0 atom stereocenters. The number of halogens is 1. The Morgan fingerprint density at radius 2 is 1.62 bits per heavy atom. The van der Waals surface area contributed by atoms with E-state index in [0.717, 1.165) is 0 Å². The van der Waals surface area contributed by atoms with Crippen LogP contribution in [0.25, 0.3) is 10.8 Å². The highest BCUT2D eigenvalue weighted by Crippen LogP contribution is 2.14. The molecular formula is C11H12BrN. The van der Waals surface area contributed by atoms with Gasteiger partial charge in [0.05, 0.1) is 0 Å². The minimum atomic E-state index is 0. The summed E-state index contributed by atoms with van der Waals surface area (Å²) in [5.41, 5.74) is 6.73. The van der Waals surface area contributed by atoms with Crippen molar-refractivity contribution in [2.24, 2.45) is 5.73 Å². The van der Waals surface area contributed by atoms with Crippen LogP contribution in [0, 0.1) is 0 Å². The van der Waals surface area contributed by atoms with Crippen LogP contribution in [-0.2, 0) is 6.54 Å². The third-order valence-electron chi connectivity index (χ3n) is 2.05. The van der Waals surface area contributed by atoms with E-state index >= 15 is 0 Å². The van der Waals surface area contributed by atoms with Gasteiger partial charge in [-0.2, -0.15) is 0 Å². The minimum Gasteiger partial charge on any atom is -0.326 e. The van der Waals surface area contributed by atoms with Gasteiger partial charge in [-0.15, -0.1) is 17.0 Å². The molecule has 2 heteroatoms. The van der Waals surface area contributed by atoms with E-state index in [9.17, 15) is 0 Å². The van der Waals surface area contributed by atoms with Crippen LogP contribution in [0.4, 0.5) is 0 Å². The summed E-state index contributed by atoms with van der Waals surface area (Å²) < 4.78 is 0. The van der Waals surface area contributed by atoms with Crippen LogP contribution in [-0.4, -0.2) is 0 Å². The molecule has 0 unspecified atom stereocenters. The fourth-order valence-electron chi connectivity index (χ4n) is 1.37. The van der Waals surface area contributed by atoms with Crippen LogP contribution in [0.2, 0.25) is 0 Å². The Labute approximate surface area is 88.3 Å².